The lowest BCUT2D eigenvalue weighted by Crippen LogP contribution is -2.68. The predicted octanol–water partition coefficient (Wildman–Crippen LogP) is 9.28. The van der Waals surface area contributed by atoms with E-state index in [0.29, 0.717) is 61.1 Å². The summed E-state index contributed by atoms with van der Waals surface area (Å²) in [5, 5.41) is 14.7. The van der Waals surface area contributed by atoms with E-state index in [0.717, 1.165) is 30.3 Å². The Morgan fingerprint density at radius 1 is 1.00 bits per heavy atom. The number of carboxylic acids is 1. The van der Waals surface area contributed by atoms with Gasteiger partial charge in [0.15, 0.2) is 9.84 Å². The van der Waals surface area contributed by atoms with E-state index in [1.165, 1.54) is 86.0 Å². The molecule has 0 aromatic carbocycles. The highest BCUT2D eigenvalue weighted by molar-refractivity contribution is 7.91. The average Bonchev–Trinajstić information content (AvgIpc) is 3.77. The maximum absolute atomic E-state index is 12.8. The summed E-state index contributed by atoms with van der Waals surface area (Å²) >= 11 is 1.38. The molecule has 316 valence electrons. The number of hydrogen-bond donors (Lipinski definition) is 2. The van der Waals surface area contributed by atoms with Gasteiger partial charge in [-0.05, 0) is 152 Å². The molecule has 7 aliphatic rings. The normalized spacial score (nSPS) is 42.4. The smallest absolute Gasteiger partial charge is 0.313 e. The summed E-state index contributed by atoms with van der Waals surface area (Å²) in [4.78, 5) is 16.2. The van der Waals surface area contributed by atoms with E-state index >= 15 is 0 Å². The van der Waals surface area contributed by atoms with E-state index < -0.39 is 21.2 Å². The molecule has 1 aromatic rings. The summed E-state index contributed by atoms with van der Waals surface area (Å²) in [6.07, 6.45) is 18.2. The number of aliphatic carboxylic acids is 1. The number of rotatable bonds is 10. The first-order valence-electron chi connectivity index (χ1n) is 22.3. The minimum absolute atomic E-state index is 0.0426. The quantitative estimate of drug-likeness (QED) is 0.225. The molecule has 0 bridgehead atoms. The van der Waals surface area contributed by atoms with Crippen molar-refractivity contribution in [2.45, 2.75) is 131 Å². The second-order valence-electron chi connectivity index (χ2n) is 21.3. The molecule has 0 radical (unpaired) electrons. The summed E-state index contributed by atoms with van der Waals surface area (Å²) in [5.74, 6) is 3.17. The molecule has 10 heteroatoms. The van der Waals surface area contributed by atoms with Crippen LogP contribution in [0.3, 0.4) is 0 Å². The summed E-state index contributed by atoms with van der Waals surface area (Å²) in [7, 11) is -2.86. The highest BCUT2D eigenvalue weighted by Gasteiger charge is 2.71. The Morgan fingerprint density at radius 3 is 2.40 bits per heavy atom. The van der Waals surface area contributed by atoms with Crippen LogP contribution in [-0.2, 0) is 14.6 Å². The van der Waals surface area contributed by atoms with Crippen LogP contribution in [0, 0.1) is 63.6 Å². The van der Waals surface area contributed by atoms with Gasteiger partial charge < -0.3 is 20.1 Å². The molecule has 8 nitrogen and oxygen atoms in total. The van der Waals surface area contributed by atoms with Crippen molar-refractivity contribution in [3.63, 3.8) is 0 Å². The number of allylic oxidation sites excluding steroid dienone is 5. The fraction of sp³-hybridized carbons (Fsp3) is 0.787. The van der Waals surface area contributed by atoms with E-state index in [1.54, 1.807) is 0 Å². The monoisotopic (exact) mass is 821 g/mol. The third-order valence-electron chi connectivity index (χ3n) is 18.5. The van der Waals surface area contributed by atoms with Gasteiger partial charge in [0.25, 0.3) is 0 Å². The number of nitrogens with one attached hydrogen (secondary N) is 1. The van der Waals surface area contributed by atoms with Crippen LogP contribution < -0.4 is 10.1 Å². The van der Waals surface area contributed by atoms with Crippen LogP contribution in [0.5, 0.6) is 5.88 Å². The van der Waals surface area contributed by atoms with Gasteiger partial charge >= 0.3 is 5.97 Å². The van der Waals surface area contributed by atoms with Crippen LogP contribution >= 0.6 is 11.5 Å². The van der Waals surface area contributed by atoms with Crippen molar-refractivity contribution in [1.29, 1.82) is 0 Å². The minimum Gasteiger partial charge on any atom is -0.481 e. The molecule has 1 saturated heterocycles. The van der Waals surface area contributed by atoms with Gasteiger partial charge in [0.05, 0.1) is 11.5 Å². The number of fused-ring (bicyclic) bond motifs is 7. The Hall–Kier alpha value is -2.01. The lowest BCUT2D eigenvalue weighted by Gasteiger charge is -2.73. The maximum atomic E-state index is 12.8. The summed E-state index contributed by atoms with van der Waals surface area (Å²) in [5.41, 5.74) is 3.87. The second kappa shape index (κ2) is 14.6. The molecule has 1 aliphatic heterocycles. The molecular formula is C47H71N3O5S2. The number of hydrogen-bond acceptors (Lipinski definition) is 8. The van der Waals surface area contributed by atoms with Crippen molar-refractivity contribution in [2.75, 3.05) is 44.3 Å². The standard InChI is InChI=1S/C47H71N3O5S2/c1-31(2)36-29-37(33-13-18-46(19-14-33,41(51)52)30-55-40-28-32(3)56-49-40)42(4,5)38-15-17-44(7)39(45(36,38)8)12-11-34-35-10-9-16-47(35,21-20-43(34,44)6)48-22-23-50-24-26-57(53,54)27-25-50/h13,28-29,34-36,38-39,48H,1,9-12,14-27,30H2,2-8H3,(H,51,52)/t34-,35-,36?,38+,39+,43-,44-,45+,46?,47+/m1/s1. The van der Waals surface area contributed by atoms with Crippen molar-refractivity contribution in [1.82, 2.24) is 14.6 Å². The molecule has 0 amide bonds. The van der Waals surface area contributed by atoms with Crippen LogP contribution in [-0.4, -0.2) is 78.6 Å². The summed E-state index contributed by atoms with van der Waals surface area (Å²) in [6, 6.07) is 1.89. The number of carbonyl (C=O) groups is 1. The number of carboxylic acid groups (broad SMARTS) is 1. The molecule has 6 aliphatic carbocycles. The van der Waals surface area contributed by atoms with Crippen LogP contribution in [0.25, 0.3) is 0 Å². The molecule has 4 saturated carbocycles. The van der Waals surface area contributed by atoms with E-state index in [1.807, 2.05) is 13.0 Å². The minimum atomic E-state index is -2.86. The predicted molar refractivity (Wildman–Crippen MR) is 230 cm³/mol. The fourth-order valence-corrected chi connectivity index (χ4v) is 17.0. The third-order valence-corrected chi connectivity index (χ3v) is 20.8. The van der Waals surface area contributed by atoms with Crippen molar-refractivity contribution in [3.8, 4) is 5.88 Å². The van der Waals surface area contributed by atoms with Crippen LogP contribution in [0.1, 0.15) is 123 Å². The van der Waals surface area contributed by atoms with Crippen molar-refractivity contribution >= 4 is 27.3 Å². The first kappa shape index (κ1) is 41.7. The van der Waals surface area contributed by atoms with E-state index in [4.69, 9.17) is 11.3 Å². The zero-order valence-electron chi connectivity index (χ0n) is 36.1. The zero-order valence-corrected chi connectivity index (χ0v) is 37.7. The largest absolute Gasteiger partial charge is 0.481 e. The van der Waals surface area contributed by atoms with Gasteiger partial charge in [-0.1, -0.05) is 65.3 Å². The van der Waals surface area contributed by atoms with Gasteiger partial charge in [-0.15, -0.1) is 0 Å². The Bertz CT molecular complexity index is 1920. The molecule has 5 fully saturated rings. The highest BCUT2D eigenvalue weighted by Crippen LogP contribution is 2.77. The Labute approximate surface area is 347 Å². The summed E-state index contributed by atoms with van der Waals surface area (Å²) < 4.78 is 34.4. The van der Waals surface area contributed by atoms with Gasteiger partial charge in [0.2, 0.25) is 5.88 Å². The fourth-order valence-electron chi connectivity index (χ4n) is 15.3. The molecule has 2 heterocycles. The van der Waals surface area contributed by atoms with Gasteiger partial charge in [0.1, 0.15) is 12.0 Å². The maximum Gasteiger partial charge on any atom is 0.313 e. The molecule has 2 N–H and O–H groups in total. The zero-order chi connectivity index (χ0) is 40.8. The Balaban J connectivity index is 1.03. The first-order valence-corrected chi connectivity index (χ1v) is 24.9. The lowest BCUT2D eigenvalue weighted by atomic mass is 9.31. The lowest BCUT2D eigenvalue weighted by molar-refractivity contribution is -0.226. The van der Waals surface area contributed by atoms with Crippen LogP contribution in [0.15, 0.2) is 41.5 Å². The number of sulfone groups is 1. The van der Waals surface area contributed by atoms with E-state index in [2.05, 4.69) is 68.3 Å². The number of nitrogens with zero attached hydrogens (tertiary/aromatic N) is 2. The third kappa shape index (κ3) is 6.66. The molecule has 10 atom stereocenters. The molecule has 2 unspecified atom stereocenters. The van der Waals surface area contributed by atoms with E-state index in [9.17, 15) is 18.3 Å². The van der Waals surface area contributed by atoms with Gasteiger partial charge in [-0.3, -0.25) is 4.79 Å². The molecule has 8 rings (SSSR count). The van der Waals surface area contributed by atoms with Gasteiger partial charge in [-0.2, -0.15) is 4.37 Å². The summed E-state index contributed by atoms with van der Waals surface area (Å²) in [6.45, 7) is 25.5. The van der Waals surface area contributed by atoms with Crippen molar-refractivity contribution in [3.05, 3.63) is 46.4 Å². The van der Waals surface area contributed by atoms with Crippen molar-refractivity contribution < 1.29 is 23.1 Å². The average molecular weight is 822 g/mol. The Kier molecular flexibility index (Phi) is 10.7. The molecular weight excluding hydrogens is 751 g/mol. The topological polar surface area (TPSA) is 109 Å². The van der Waals surface area contributed by atoms with E-state index in [-0.39, 0.29) is 39.7 Å². The second-order valence-corrected chi connectivity index (χ2v) is 24.6. The number of aromatic nitrogens is 1. The highest BCUT2D eigenvalue weighted by atomic mass is 32.2. The van der Waals surface area contributed by atoms with Crippen LogP contribution in [0.2, 0.25) is 0 Å². The Morgan fingerprint density at radius 2 is 1.75 bits per heavy atom. The molecule has 57 heavy (non-hydrogen) atoms. The van der Waals surface area contributed by atoms with Crippen LogP contribution in [0.4, 0.5) is 0 Å². The number of ether oxygens (including phenoxy) is 1. The molecule has 1 aromatic heterocycles. The first-order chi connectivity index (χ1) is 26.8. The number of aryl methyl sites for hydroxylation is 1. The SMILES string of the molecule is C=C(C)C1C=C(C2=CCC(COc3cc(C)sn3)(C(=O)O)CC2)C(C)(C)[C@@H]2CC[C@]3(C)[C@H](CC[C@@H]4[C@H]5CCC[C@]5(NCCN5CCS(=O)(=O)CC5)CC[C@]43C)[C@@]12C. The van der Waals surface area contributed by atoms with Crippen molar-refractivity contribution in [2.24, 2.45) is 56.7 Å². The van der Waals surface area contributed by atoms with Gasteiger partial charge in [-0.25, -0.2) is 8.42 Å². The molecule has 0 spiro atoms. The van der Waals surface area contributed by atoms with Gasteiger partial charge in [0, 0.05) is 48.6 Å².